The predicted molar refractivity (Wildman–Crippen MR) is 216 cm³/mol. The van der Waals surface area contributed by atoms with Crippen LogP contribution in [0.2, 0.25) is 0 Å². The zero-order valence-corrected chi connectivity index (χ0v) is 28.4. The van der Waals surface area contributed by atoms with Crippen molar-refractivity contribution >= 4 is 28.0 Å². The Hall–Kier alpha value is -6.97. The molecule has 0 atom stereocenters. The molecule has 0 spiro atoms. The highest BCUT2D eigenvalue weighted by atomic mass is 15.1. The number of pyridine rings is 1. The summed E-state index contributed by atoms with van der Waals surface area (Å²) in [7, 11) is 0. The molecule has 244 valence electrons. The van der Waals surface area contributed by atoms with Gasteiger partial charge in [0.25, 0.3) is 0 Å². The second-order valence-corrected chi connectivity index (χ2v) is 13.2. The van der Waals surface area contributed by atoms with Crippen molar-refractivity contribution in [2.45, 2.75) is 0 Å². The van der Waals surface area contributed by atoms with Crippen LogP contribution in [0.1, 0.15) is 0 Å². The molecule has 0 fully saturated rings. The van der Waals surface area contributed by atoms with Gasteiger partial charge in [-0.3, -0.25) is 0 Å². The van der Waals surface area contributed by atoms with Crippen molar-refractivity contribution in [3.8, 4) is 61.6 Å². The number of aromatic nitrogens is 2. The number of hydrogen-bond acceptors (Lipinski definition) is 2. The molecule has 0 saturated carbocycles. The summed E-state index contributed by atoms with van der Waals surface area (Å²) < 4.78 is 2.26. The molecule has 0 saturated heterocycles. The molecule has 0 unspecified atom stereocenters. The van der Waals surface area contributed by atoms with Gasteiger partial charge in [-0.05, 0) is 93.5 Å². The van der Waals surface area contributed by atoms with E-state index in [1.807, 2.05) is 6.07 Å². The number of nitrogens with zero attached hydrogens (tertiary/aromatic N) is 3. The van der Waals surface area contributed by atoms with E-state index in [1.54, 1.807) is 0 Å². The largest absolute Gasteiger partial charge is 0.310 e. The van der Waals surface area contributed by atoms with Crippen LogP contribution in [0.25, 0.3) is 72.5 Å². The lowest BCUT2D eigenvalue weighted by molar-refractivity contribution is 1.05. The number of fused-ring (bicyclic) bond motifs is 5. The molecule has 0 radical (unpaired) electrons. The zero-order chi connectivity index (χ0) is 34.4. The summed E-state index contributed by atoms with van der Waals surface area (Å²) >= 11 is 0. The molecule has 0 amide bonds. The molecule has 2 aromatic heterocycles. The zero-order valence-electron chi connectivity index (χ0n) is 28.4. The van der Waals surface area contributed by atoms with Crippen LogP contribution in [-0.4, -0.2) is 9.55 Å². The van der Waals surface area contributed by atoms with Gasteiger partial charge in [0.15, 0.2) is 0 Å². The number of hydrogen-bond donors (Lipinski definition) is 0. The molecular weight excluding hydrogens is 631 g/mol. The first-order chi connectivity index (χ1) is 25.8. The third-order valence-corrected chi connectivity index (χ3v) is 10.2. The summed E-state index contributed by atoms with van der Waals surface area (Å²) in [5.74, 6) is 0.899. The molecule has 0 bridgehead atoms. The summed E-state index contributed by atoms with van der Waals surface area (Å²) in [4.78, 5) is 7.53. The lowest BCUT2D eigenvalue weighted by atomic mass is 9.93. The number of anilines is 3. The maximum Gasteiger partial charge on any atom is 0.137 e. The summed E-state index contributed by atoms with van der Waals surface area (Å²) in [6.45, 7) is 0. The lowest BCUT2D eigenvalue weighted by Crippen LogP contribution is -2.10. The quantitative estimate of drug-likeness (QED) is 0.177. The Morgan fingerprint density at radius 2 is 0.923 bits per heavy atom. The van der Waals surface area contributed by atoms with Crippen molar-refractivity contribution in [1.82, 2.24) is 9.55 Å². The summed E-state index contributed by atoms with van der Waals surface area (Å²) in [5, 5.41) is 1.24. The molecule has 0 N–H and O–H groups in total. The van der Waals surface area contributed by atoms with Crippen LogP contribution in [0.3, 0.4) is 0 Å². The Morgan fingerprint density at radius 1 is 0.365 bits per heavy atom. The minimum Gasteiger partial charge on any atom is -0.310 e. The first kappa shape index (κ1) is 29.9. The maximum absolute atomic E-state index is 5.17. The summed E-state index contributed by atoms with van der Waals surface area (Å²) in [6.07, 6.45) is 2.28. The normalized spacial score (nSPS) is 11.5. The monoisotopic (exact) mass is 663 g/mol. The lowest BCUT2D eigenvalue weighted by Gasteiger charge is -2.27. The summed E-state index contributed by atoms with van der Waals surface area (Å²) in [6, 6.07) is 69.2. The van der Waals surface area contributed by atoms with Gasteiger partial charge in [0.1, 0.15) is 5.82 Å². The molecular formula is C49H33N3. The van der Waals surface area contributed by atoms with Crippen molar-refractivity contribution in [3.05, 3.63) is 200 Å². The van der Waals surface area contributed by atoms with Crippen LogP contribution < -0.4 is 4.90 Å². The van der Waals surface area contributed by atoms with Gasteiger partial charge in [0.2, 0.25) is 0 Å². The van der Waals surface area contributed by atoms with E-state index in [1.165, 1.54) is 49.9 Å². The standard InChI is InChI=1S/C49H33N3/c1-4-14-34(15-5-1)35-26-28-38(29-27-35)52(37-18-8-3-9-19-37)39-30-31-42-44(32-39)41-21-11-10-20-40(41)43-22-12-24-47-49(43)45(42)33-51(47)48-25-13-23-46(50-48)36-16-6-2-7-17-36/h1-33H. The van der Waals surface area contributed by atoms with Crippen molar-refractivity contribution in [3.63, 3.8) is 0 Å². The Kier molecular flexibility index (Phi) is 7.14. The van der Waals surface area contributed by atoms with Crippen molar-refractivity contribution < 1.29 is 0 Å². The highest BCUT2D eigenvalue weighted by molar-refractivity contribution is 6.14. The number of para-hydroxylation sites is 1. The van der Waals surface area contributed by atoms with Gasteiger partial charge in [-0.25, -0.2) is 4.98 Å². The molecule has 7 aromatic carbocycles. The second kappa shape index (κ2) is 12.4. The Labute approximate surface area is 303 Å². The highest BCUT2D eigenvalue weighted by Crippen LogP contribution is 2.50. The van der Waals surface area contributed by atoms with Crippen LogP contribution >= 0.6 is 0 Å². The Balaban J connectivity index is 1.16. The van der Waals surface area contributed by atoms with Gasteiger partial charge in [-0.15, -0.1) is 0 Å². The van der Waals surface area contributed by atoms with Crippen LogP contribution in [0.5, 0.6) is 0 Å². The van der Waals surface area contributed by atoms with Crippen LogP contribution in [0.15, 0.2) is 200 Å². The first-order valence-corrected chi connectivity index (χ1v) is 17.7. The van der Waals surface area contributed by atoms with E-state index in [0.29, 0.717) is 0 Å². The van der Waals surface area contributed by atoms with Crippen molar-refractivity contribution in [1.29, 1.82) is 0 Å². The smallest absolute Gasteiger partial charge is 0.137 e. The van der Waals surface area contributed by atoms with Crippen LogP contribution in [0.4, 0.5) is 17.1 Å². The van der Waals surface area contributed by atoms with Crippen molar-refractivity contribution in [2.75, 3.05) is 4.90 Å². The average molecular weight is 664 g/mol. The second-order valence-electron chi connectivity index (χ2n) is 13.2. The SMILES string of the molecule is c1ccc(-c2ccc(N(c3ccccc3)c3ccc4c(c3)-c3ccccc3-c3cccc5c3c-4cn5-c3cccc(-c4ccccc4)n3)cc2)cc1. The topological polar surface area (TPSA) is 21.1 Å². The van der Waals surface area contributed by atoms with Gasteiger partial charge in [0, 0.05) is 39.8 Å². The first-order valence-electron chi connectivity index (χ1n) is 17.7. The Bertz CT molecular complexity index is 2710. The molecule has 0 aliphatic heterocycles. The third-order valence-electron chi connectivity index (χ3n) is 10.2. The van der Waals surface area contributed by atoms with E-state index in [9.17, 15) is 0 Å². The summed E-state index contributed by atoms with van der Waals surface area (Å²) in [5.41, 5.74) is 16.2. The molecule has 1 aliphatic rings. The van der Waals surface area contributed by atoms with E-state index in [4.69, 9.17) is 4.98 Å². The van der Waals surface area contributed by atoms with E-state index in [0.717, 1.165) is 39.7 Å². The van der Waals surface area contributed by atoms with E-state index < -0.39 is 0 Å². The fraction of sp³-hybridized carbons (Fsp3) is 0. The van der Waals surface area contributed by atoms with Gasteiger partial charge >= 0.3 is 0 Å². The fourth-order valence-electron chi connectivity index (χ4n) is 7.77. The van der Waals surface area contributed by atoms with Crippen LogP contribution in [0, 0.1) is 0 Å². The number of benzene rings is 7. The molecule has 9 aromatic rings. The van der Waals surface area contributed by atoms with Crippen molar-refractivity contribution in [2.24, 2.45) is 0 Å². The van der Waals surface area contributed by atoms with Gasteiger partial charge in [0.05, 0.1) is 11.2 Å². The minimum atomic E-state index is 0.899. The van der Waals surface area contributed by atoms with Gasteiger partial charge in [-0.1, -0.05) is 140 Å². The molecule has 52 heavy (non-hydrogen) atoms. The van der Waals surface area contributed by atoms with E-state index in [-0.39, 0.29) is 0 Å². The van der Waals surface area contributed by atoms with Gasteiger partial charge < -0.3 is 9.47 Å². The fourth-order valence-corrected chi connectivity index (χ4v) is 7.77. The molecule has 3 nitrogen and oxygen atoms in total. The number of rotatable bonds is 6. The van der Waals surface area contributed by atoms with Crippen LogP contribution in [-0.2, 0) is 0 Å². The molecule has 1 aliphatic carbocycles. The minimum absolute atomic E-state index is 0.899. The average Bonchev–Trinajstić information content (AvgIpc) is 3.57. The maximum atomic E-state index is 5.17. The highest BCUT2D eigenvalue weighted by Gasteiger charge is 2.26. The molecule has 10 rings (SSSR count). The molecule has 2 heterocycles. The predicted octanol–water partition coefficient (Wildman–Crippen LogP) is 13.1. The van der Waals surface area contributed by atoms with Gasteiger partial charge in [-0.2, -0.15) is 0 Å². The molecule has 3 heteroatoms. The van der Waals surface area contributed by atoms with E-state index in [2.05, 4.69) is 204 Å². The third kappa shape index (κ3) is 5.02. The Morgan fingerprint density at radius 3 is 1.67 bits per heavy atom. The van der Waals surface area contributed by atoms with E-state index >= 15 is 0 Å².